The highest BCUT2D eigenvalue weighted by atomic mass is 14.7. The molecule has 1 heteroatoms. The summed E-state index contributed by atoms with van der Waals surface area (Å²) in [6.45, 7) is 4.19. The summed E-state index contributed by atoms with van der Waals surface area (Å²) in [5.74, 6) is 0.857. The molecular formula is C14H21N. The predicted molar refractivity (Wildman–Crippen MR) is 65.0 cm³/mol. The average Bonchev–Trinajstić information content (AvgIpc) is 2.97. The first kappa shape index (κ1) is 10.7. The second-order valence-electron chi connectivity index (χ2n) is 5.51. The van der Waals surface area contributed by atoms with Gasteiger partial charge in [-0.3, -0.25) is 0 Å². The summed E-state index contributed by atoms with van der Waals surface area (Å²) in [5.41, 5.74) is 8.92. The van der Waals surface area contributed by atoms with Crippen molar-refractivity contribution in [3.63, 3.8) is 0 Å². The van der Waals surface area contributed by atoms with Gasteiger partial charge in [-0.1, -0.05) is 24.3 Å². The Morgan fingerprint density at radius 2 is 2.07 bits per heavy atom. The van der Waals surface area contributed by atoms with Gasteiger partial charge >= 0.3 is 0 Å². The highest BCUT2D eigenvalue weighted by molar-refractivity contribution is 5.29. The standard InChI is InChI=1S/C14H21N/c1-14(2,15)9-8-11-4-3-5-13(10-11)12-6-7-12/h3-5,10,12H,6-9,15H2,1-2H3. The van der Waals surface area contributed by atoms with Gasteiger partial charge in [0.1, 0.15) is 0 Å². The van der Waals surface area contributed by atoms with E-state index in [1.165, 1.54) is 24.0 Å². The normalized spacial score (nSPS) is 16.7. The summed E-state index contributed by atoms with van der Waals surface area (Å²) in [6, 6.07) is 9.03. The fraction of sp³-hybridized carbons (Fsp3) is 0.571. The van der Waals surface area contributed by atoms with Crippen LogP contribution >= 0.6 is 0 Å². The highest BCUT2D eigenvalue weighted by Gasteiger charge is 2.23. The molecule has 0 saturated heterocycles. The summed E-state index contributed by atoms with van der Waals surface area (Å²) in [7, 11) is 0. The molecule has 1 saturated carbocycles. The zero-order chi connectivity index (χ0) is 10.9. The highest BCUT2D eigenvalue weighted by Crippen LogP contribution is 2.40. The summed E-state index contributed by atoms with van der Waals surface area (Å²) in [4.78, 5) is 0. The van der Waals surface area contributed by atoms with Crippen molar-refractivity contribution in [2.75, 3.05) is 0 Å². The molecule has 0 amide bonds. The van der Waals surface area contributed by atoms with Gasteiger partial charge in [-0.25, -0.2) is 0 Å². The van der Waals surface area contributed by atoms with Crippen molar-refractivity contribution < 1.29 is 0 Å². The van der Waals surface area contributed by atoms with Gasteiger partial charge in [-0.2, -0.15) is 0 Å². The summed E-state index contributed by atoms with van der Waals surface area (Å²) >= 11 is 0. The SMILES string of the molecule is CC(C)(N)CCc1cccc(C2CC2)c1. The van der Waals surface area contributed by atoms with E-state index in [-0.39, 0.29) is 5.54 Å². The molecule has 0 heterocycles. The molecule has 0 spiro atoms. The van der Waals surface area contributed by atoms with E-state index in [2.05, 4.69) is 38.1 Å². The molecule has 1 nitrogen and oxygen atoms in total. The van der Waals surface area contributed by atoms with Crippen LogP contribution in [0.4, 0.5) is 0 Å². The van der Waals surface area contributed by atoms with Crippen molar-refractivity contribution in [3.8, 4) is 0 Å². The van der Waals surface area contributed by atoms with E-state index in [1.54, 1.807) is 0 Å². The van der Waals surface area contributed by atoms with Crippen LogP contribution in [-0.4, -0.2) is 5.54 Å². The molecule has 0 aromatic heterocycles. The van der Waals surface area contributed by atoms with Gasteiger partial charge in [0.2, 0.25) is 0 Å². The van der Waals surface area contributed by atoms with Crippen molar-refractivity contribution in [2.24, 2.45) is 5.73 Å². The molecule has 15 heavy (non-hydrogen) atoms. The van der Waals surface area contributed by atoms with E-state index in [9.17, 15) is 0 Å². The Labute approximate surface area is 92.7 Å². The minimum absolute atomic E-state index is 0.0460. The summed E-state index contributed by atoms with van der Waals surface area (Å²) < 4.78 is 0. The largest absolute Gasteiger partial charge is 0.326 e. The number of benzene rings is 1. The van der Waals surface area contributed by atoms with Crippen LogP contribution in [0.15, 0.2) is 24.3 Å². The third kappa shape index (κ3) is 3.35. The molecule has 1 aromatic carbocycles. The molecule has 82 valence electrons. The van der Waals surface area contributed by atoms with E-state index in [4.69, 9.17) is 5.73 Å². The number of nitrogens with two attached hydrogens (primary N) is 1. The monoisotopic (exact) mass is 203 g/mol. The van der Waals surface area contributed by atoms with Gasteiger partial charge in [0.05, 0.1) is 0 Å². The molecular weight excluding hydrogens is 182 g/mol. The molecule has 1 aliphatic rings. The second kappa shape index (κ2) is 3.97. The lowest BCUT2D eigenvalue weighted by Crippen LogP contribution is -2.32. The first-order valence-corrected chi connectivity index (χ1v) is 5.92. The van der Waals surface area contributed by atoms with Gasteiger partial charge in [0.15, 0.2) is 0 Å². The molecule has 1 fully saturated rings. The van der Waals surface area contributed by atoms with Crippen LogP contribution in [0, 0.1) is 0 Å². The van der Waals surface area contributed by atoms with Gasteiger partial charge in [0.25, 0.3) is 0 Å². The lowest BCUT2D eigenvalue weighted by Gasteiger charge is -2.18. The Morgan fingerprint density at radius 3 is 2.67 bits per heavy atom. The van der Waals surface area contributed by atoms with E-state index < -0.39 is 0 Å². The van der Waals surface area contributed by atoms with Gasteiger partial charge in [-0.05, 0) is 56.6 Å². The van der Waals surface area contributed by atoms with E-state index in [1.807, 2.05) is 0 Å². The van der Waals surface area contributed by atoms with Crippen LogP contribution in [-0.2, 0) is 6.42 Å². The maximum absolute atomic E-state index is 5.99. The molecule has 1 aromatic rings. The fourth-order valence-corrected chi connectivity index (χ4v) is 1.89. The maximum Gasteiger partial charge on any atom is 0.0100 e. The first-order chi connectivity index (χ1) is 7.04. The molecule has 1 aliphatic carbocycles. The van der Waals surface area contributed by atoms with Gasteiger partial charge in [-0.15, -0.1) is 0 Å². The average molecular weight is 203 g/mol. The molecule has 2 rings (SSSR count). The number of hydrogen-bond donors (Lipinski definition) is 1. The quantitative estimate of drug-likeness (QED) is 0.798. The van der Waals surface area contributed by atoms with Gasteiger partial charge < -0.3 is 5.73 Å². The lowest BCUT2D eigenvalue weighted by molar-refractivity contribution is 0.477. The topological polar surface area (TPSA) is 26.0 Å². The lowest BCUT2D eigenvalue weighted by atomic mass is 9.95. The van der Waals surface area contributed by atoms with Crippen LogP contribution in [0.2, 0.25) is 0 Å². The maximum atomic E-state index is 5.99. The zero-order valence-corrected chi connectivity index (χ0v) is 9.79. The molecule has 0 radical (unpaired) electrons. The number of hydrogen-bond acceptors (Lipinski definition) is 1. The summed E-state index contributed by atoms with van der Waals surface area (Å²) in [6.07, 6.45) is 4.92. The molecule has 0 atom stereocenters. The Hall–Kier alpha value is -0.820. The van der Waals surface area contributed by atoms with Crippen molar-refractivity contribution in [3.05, 3.63) is 35.4 Å². The van der Waals surface area contributed by atoms with Crippen LogP contribution in [0.3, 0.4) is 0 Å². The van der Waals surface area contributed by atoms with Crippen molar-refractivity contribution in [1.82, 2.24) is 0 Å². The van der Waals surface area contributed by atoms with Crippen LogP contribution < -0.4 is 5.73 Å². The molecule has 0 unspecified atom stereocenters. The van der Waals surface area contributed by atoms with Gasteiger partial charge in [0, 0.05) is 5.54 Å². The molecule has 0 aliphatic heterocycles. The van der Waals surface area contributed by atoms with E-state index in [0.717, 1.165) is 18.8 Å². The minimum atomic E-state index is -0.0460. The second-order valence-corrected chi connectivity index (χ2v) is 5.51. The minimum Gasteiger partial charge on any atom is -0.326 e. The zero-order valence-electron chi connectivity index (χ0n) is 9.79. The third-order valence-corrected chi connectivity index (χ3v) is 3.06. The Kier molecular flexibility index (Phi) is 2.83. The molecule has 2 N–H and O–H groups in total. The fourth-order valence-electron chi connectivity index (χ4n) is 1.89. The number of aryl methyl sites for hydroxylation is 1. The van der Waals surface area contributed by atoms with Crippen molar-refractivity contribution in [1.29, 1.82) is 0 Å². The van der Waals surface area contributed by atoms with Crippen LogP contribution in [0.5, 0.6) is 0 Å². The Bertz CT molecular complexity index is 331. The van der Waals surface area contributed by atoms with Crippen molar-refractivity contribution in [2.45, 2.75) is 51.0 Å². The smallest absolute Gasteiger partial charge is 0.0100 e. The van der Waals surface area contributed by atoms with Crippen molar-refractivity contribution >= 4 is 0 Å². The van der Waals surface area contributed by atoms with E-state index in [0.29, 0.717) is 0 Å². The Balaban J connectivity index is 1.99. The van der Waals surface area contributed by atoms with Crippen LogP contribution in [0.1, 0.15) is 50.2 Å². The number of rotatable bonds is 4. The Morgan fingerprint density at radius 1 is 1.33 bits per heavy atom. The predicted octanol–water partition coefficient (Wildman–Crippen LogP) is 3.23. The molecule has 0 bridgehead atoms. The third-order valence-electron chi connectivity index (χ3n) is 3.06. The van der Waals surface area contributed by atoms with Crippen LogP contribution in [0.25, 0.3) is 0 Å². The summed E-state index contributed by atoms with van der Waals surface area (Å²) in [5, 5.41) is 0. The van der Waals surface area contributed by atoms with E-state index >= 15 is 0 Å². The first-order valence-electron chi connectivity index (χ1n) is 5.92.